The first-order chi connectivity index (χ1) is 6.06. The zero-order valence-electron chi connectivity index (χ0n) is 6.92. The molecule has 1 aromatic heterocycles. The topological polar surface area (TPSA) is 56.0 Å². The van der Waals surface area contributed by atoms with Crippen LogP contribution in [0.5, 0.6) is 0 Å². The van der Waals surface area contributed by atoms with E-state index in [4.69, 9.17) is 5.73 Å². The van der Waals surface area contributed by atoms with Gasteiger partial charge in [0.05, 0.1) is 0 Å². The molecule has 0 aliphatic carbocycles. The standard InChI is InChI=1S/C8H8F2N2O/c1-4-5(3-13)2-6(11)12-7(4)8(9)10/h2-3,8H,1H3,(H2,11,12). The summed E-state index contributed by atoms with van der Waals surface area (Å²) < 4.78 is 24.6. The average molecular weight is 186 g/mol. The number of rotatable bonds is 2. The average Bonchev–Trinajstić information content (AvgIpc) is 2.08. The Morgan fingerprint density at radius 1 is 1.62 bits per heavy atom. The number of hydrogen-bond acceptors (Lipinski definition) is 3. The molecule has 1 aromatic rings. The summed E-state index contributed by atoms with van der Waals surface area (Å²) in [5, 5.41) is 0. The van der Waals surface area contributed by atoms with E-state index in [2.05, 4.69) is 4.98 Å². The van der Waals surface area contributed by atoms with E-state index in [-0.39, 0.29) is 16.9 Å². The number of carbonyl (C=O) groups is 1. The molecule has 0 bridgehead atoms. The molecule has 0 saturated carbocycles. The molecule has 0 unspecified atom stereocenters. The van der Waals surface area contributed by atoms with Gasteiger partial charge in [-0.1, -0.05) is 0 Å². The molecule has 13 heavy (non-hydrogen) atoms. The highest BCUT2D eigenvalue weighted by molar-refractivity contribution is 5.78. The van der Waals surface area contributed by atoms with Crippen molar-refractivity contribution in [2.45, 2.75) is 13.3 Å². The van der Waals surface area contributed by atoms with E-state index in [0.29, 0.717) is 6.29 Å². The number of anilines is 1. The maximum atomic E-state index is 12.3. The zero-order chi connectivity index (χ0) is 10.0. The van der Waals surface area contributed by atoms with Crippen LogP contribution in [0.4, 0.5) is 14.6 Å². The lowest BCUT2D eigenvalue weighted by molar-refractivity contribution is 0.112. The number of halogens is 2. The van der Waals surface area contributed by atoms with Gasteiger partial charge >= 0.3 is 0 Å². The molecule has 0 aromatic carbocycles. The Labute approximate surface area is 73.6 Å². The molecule has 0 fully saturated rings. The Morgan fingerprint density at radius 3 is 2.69 bits per heavy atom. The van der Waals surface area contributed by atoms with E-state index in [9.17, 15) is 13.6 Å². The fourth-order valence-corrected chi connectivity index (χ4v) is 1.01. The molecular weight excluding hydrogens is 178 g/mol. The fourth-order valence-electron chi connectivity index (χ4n) is 1.01. The highest BCUT2D eigenvalue weighted by Crippen LogP contribution is 2.23. The molecule has 0 amide bonds. The highest BCUT2D eigenvalue weighted by Gasteiger charge is 2.15. The summed E-state index contributed by atoms with van der Waals surface area (Å²) in [6.45, 7) is 1.41. The molecule has 0 aliphatic heterocycles. The van der Waals surface area contributed by atoms with Gasteiger partial charge in [0.15, 0.2) is 6.29 Å². The number of carbonyl (C=O) groups excluding carboxylic acids is 1. The molecule has 5 heteroatoms. The minimum absolute atomic E-state index is 0.0667. The number of hydrogen-bond donors (Lipinski definition) is 1. The first kappa shape index (κ1) is 9.57. The molecular formula is C8H8F2N2O. The summed E-state index contributed by atoms with van der Waals surface area (Å²) in [5.74, 6) is -0.0667. The van der Waals surface area contributed by atoms with Gasteiger partial charge in [0.25, 0.3) is 6.43 Å². The van der Waals surface area contributed by atoms with Crippen molar-refractivity contribution in [1.82, 2.24) is 4.98 Å². The number of nitrogen functional groups attached to an aromatic ring is 1. The lowest BCUT2D eigenvalue weighted by Crippen LogP contribution is -2.03. The normalized spacial score (nSPS) is 10.5. The summed E-state index contributed by atoms with van der Waals surface area (Å²) in [7, 11) is 0. The second-order valence-corrected chi connectivity index (χ2v) is 2.57. The number of nitrogens with zero attached hydrogens (tertiary/aromatic N) is 1. The van der Waals surface area contributed by atoms with Gasteiger partial charge in [-0.2, -0.15) is 0 Å². The van der Waals surface area contributed by atoms with E-state index in [1.807, 2.05) is 0 Å². The Bertz CT molecular complexity index is 339. The van der Waals surface area contributed by atoms with Gasteiger partial charge in [-0.05, 0) is 18.6 Å². The van der Waals surface area contributed by atoms with Crippen molar-refractivity contribution >= 4 is 12.1 Å². The zero-order valence-corrected chi connectivity index (χ0v) is 6.92. The Morgan fingerprint density at radius 2 is 2.23 bits per heavy atom. The lowest BCUT2D eigenvalue weighted by atomic mass is 10.1. The van der Waals surface area contributed by atoms with Crippen LogP contribution in [0.15, 0.2) is 6.07 Å². The molecule has 70 valence electrons. The van der Waals surface area contributed by atoms with Gasteiger partial charge in [-0.15, -0.1) is 0 Å². The van der Waals surface area contributed by atoms with E-state index >= 15 is 0 Å². The van der Waals surface area contributed by atoms with Gasteiger partial charge < -0.3 is 5.73 Å². The number of aromatic nitrogens is 1. The summed E-state index contributed by atoms with van der Waals surface area (Å²) in [4.78, 5) is 13.9. The first-order valence-corrected chi connectivity index (χ1v) is 3.56. The van der Waals surface area contributed by atoms with Crippen LogP contribution in [0.1, 0.15) is 28.0 Å². The van der Waals surface area contributed by atoms with Crippen LogP contribution >= 0.6 is 0 Å². The quantitative estimate of drug-likeness (QED) is 0.715. The third-order valence-electron chi connectivity index (χ3n) is 1.70. The number of alkyl halides is 2. The molecule has 1 heterocycles. The van der Waals surface area contributed by atoms with Gasteiger partial charge in [-0.3, -0.25) is 4.79 Å². The molecule has 0 saturated heterocycles. The molecule has 0 aliphatic rings. The van der Waals surface area contributed by atoms with Crippen LogP contribution in [0.2, 0.25) is 0 Å². The Kier molecular flexibility index (Phi) is 2.55. The Balaban J connectivity index is 3.35. The van der Waals surface area contributed by atoms with Gasteiger partial charge in [-0.25, -0.2) is 13.8 Å². The van der Waals surface area contributed by atoms with Crippen molar-refractivity contribution in [3.05, 3.63) is 22.9 Å². The minimum atomic E-state index is -2.71. The maximum absolute atomic E-state index is 12.3. The van der Waals surface area contributed by atoms with E-state index in [1.165, 1.54) is 13.0 Å². The third kappa shape index (κ3) is 1.80. The first-order valence-electron chi connectivity index (χ1n) is 3.56. The van der Waals surface area contributed by atoms with Gasteiger partial charge in [0.1, 0.15) is 11.5 Å². The van der Waals surface area contributed by atoms with Crippen LogP contribution in [0.3, 0.4) is 0 Å². The summed E-state index contributed by atoms with van der Waals surface area (Å²) in [6.07, 6.45) is -2.22. The maximum Gasteiger partial charge on any atom is 0.280 e. The van der Waals surface area contributed by atoms with Crippen LogP contribution in [0.25, 0.3) is 0 Å². The van der Waals surface area contributed by atoms with Crippen LogP contribution < -0.4 is 5.73 Å². The summed E-state index contributed by atoms with van der Waals surface area (Å²) in [5.41, 5.74) is 5.14. The summed E-state index contributed by atoms with van der Waals surface area (Å²) >= 11 is 0. The second kappa shape index (κ2) is 3.47. The van der Waals surface area contributed by atoms with Crippen molar-refractivity contribution in [1.29, 1.82) is 0 Å². The number of pyridine rings is 1. The highest BCUT2D eigenvalue weighted by atomic mass is 19.3. The van der Waals surface area contributed by atoms with Gasteiger partial charge in [0, 0.05) is 5.56 Å². The monoisotopic (exact) mass is 186 g/mol. The van der Waals surface area contributed by atoms with Gasteiger partial charge in [0.2, 0.25) is 0 Å². The van der Waals surface area contributed by atoms with Crippen LogP contribution in [-0.2, 0) is 0 Å². The minimum Gasteiger partial charge on any atom is -0.384 e. The molecule has 2 N–H and O–H groups in total. The lowest BCUT2D eigenvalue weighted by Gasteiger charge is -2.06. The van der Waals surface area contributed by atoms with E-state index < -0.39 is 12.1 Å². The smallest absolute Gasteiger partial charge is 0.280 e. The number of nitrogens with two attached hydrogens (primary N) is 1. The molecule has 1 rings (SSSR count). The molecule has 0 spiro atoms. The van der Waals surface area contributed by atoms with Crippen molar-refractivity contribution in [3.63, 3.8) is 0 Å². The third-order valence-corrected chi connectivity index (χ3v) is 1.70. The molecule has 0 atom stereocenters. The largest absolute Gasteiger partial charge is 0.384 e. The van der Waals surface area contributed by atoms with E-state index in [0.717, 1.165) is 0 Å². The van der Waals surface area contributed by atoms with Crippen LogP contribution in [0, 0.1) is 6.92 Å². The fraction of sp³-hybridized carbons (Fsp3) is 0.250. The predicted octanol–water partition coefficient (Wildman–Crippen LogP) is 1.72. The van der Waals surface area contributed by atoms with Crippen molar-refractivity contribution < 1.29 is 13.6 Å². The molecule has 3 nitrogen and oxygen atoms in total. The van der Waals surface area contributed by atoms with Crippen molar-refractivity contribution in [2.24, 2.45) is 0 Å². The Hall–Kier alpha value is -1.52. The number of aldehydes is 1. The SMILES string of the molecule is Cc1c(C=O)cc(N)nc1C(F)F. The molecule has 0 radical (unpaired) electrons. The van der Waals surface area contributed by atoms with Crippen LogP contribution in [-0.4, -0.2) is 11.3 Å². The summed E-state index contributed by atoms with van der Waals surface area (Å²) in [6, 6.07) is 1.27. The van der Waals surface area contributed by atoms with Crippen molar-refractivity contribution in [3.8, 4) is 0 Å². The predicted molar refractivity (Wildman–Crippen MR) is 43.7 cm³/mol. The van der Waals surface area contributed by atoms with Crippen molar-refractivity contribution in [2.75, 3.05) is 5.73 Å². The van der Waals surface area contributed by atoms with E-state index in [1.54, 1.807) is 0 Å². The second-order valence-electron chi connectivity index (χ2n) is 2.57.